The SMILES string of the molecule is COc1cccc(Oc2ncsc2C(=O)NCc2ccc(OCc3ccccn3)cc2F)c1. The predicted octanol–water partition coefficient (Wildman–Crippen LogP) is 4.99. The van der Waals surface area contributed by atoms with Gasteiger partial charge in [0.15, 0.2) is 4.88 Å². The Bertz CT molecular complexity index is 1230. The maximum atomic E-state index is 14.5. The van der Waals surface area contributed by atoms with Gasteiger partial charge in [-0.25, -0.2) is 9.37 Å². The van der Waals surface area contributed by atoms with Crippen molar-refractivity contribution in [3.8, 4) is 23.1 Å². The molecule has 168 valence electrons. The van der Waals surface area contributed by atoms with Crippen molar-refractivity contribution in [1.82, 2.24) is 15.3 Å². The van der Waals surface area contributed by atoms with Crippen molar-refractivity contribution in [2.45, 2.75) is 13.2 Å². The van der Waals surface area contributed by atoms with Gasteiger partial charge < -0.3 is 19.5 Å². The summed E-state index contributed by atoms with van der Waals surface area (Å²) < 4.78 is 31.0. The molecule has 2 aromatic carbocycles. The number of carbonyl (C=O) groups excluding carboxylic acids is 1. The molecule has 0 fully saturated rings. The maximum absolute atomic E-state index is 14.5. The van der Waals surface area contributed by atoms with Crippen LogP contribution in [-0.2, 0) is 13.2 Å². The normalized spacial score (nSPS) is 10.5. The molecule has 0 radical (unpaired) electrons. The number of aromatic nitrogens is 2. The monoisotopic (exact) mass is 465 g/mol. The van der Waals surface area contributed by atoms with E-state index in [1.165, 1.54) is 11.6 Å². The van der Waals surface area contributed by atoms with Crippen molar-refractivity contribution in [2.24, 2.45) is 0 Å². The first-order valence-electron chi connectivity index (χ1n) is 9.97. The van der Waals surface area contributed by atoms with E-state index in [2.05, 4.69) is 15.3 Å². The summed E-state index contributed by atoms with van der Waals surface area (Å²) in [5.41, 5.74) is 2.58. The van der Waals surface area contributed by atoms with Crippen LogP contribution in [0, 0.1) is 5.82 Å². The van der Waals surface area contributed by atoms with Gasteiger partial charge in [0.1, 0.15) is 29.7 Å². The Morgan fingerprint density at radius 1 is 1.03 bits per heavy atom. The smallest absolute Gasteiger partial charge is 0.267 e. The van der Waals surface area contributed by atoms with Gasteiger partial charge in [0.05, 0.1) is 18.3 Å². The van der Waals surface area contributed by atoms with Gasteiger partial charge in [0.25, 0.3) is 5.91 Å². The third-order valence-corrected chi connectivity index (χ3v) is 5.38. The highest BCUT2D eigenvalue weighted by Crippen LogP contribution is 2.29. The van der Waals surface area contributed by atoms with Gasteiger partial charge >= 0.3 is 0 Å². The quantitative estimate of drug-likeness (QED) is 0.375. The molecule has 0 saturated carbocycles. The largest absolute Gasteiger partial charge is 0.497 e. The number of benzene rings is 2. The predicted molar refractivity (Wildman–Crippen MR) is 121 cm³/mol. The van der Waals surface area contributed by atoms with Crippen LogP contribution in [0.3, 0.4) is 0 Å². The molecular formula is C24H20FN3O4S. The van der Waals surface area contributed by atoms with Crippen molar-refractivity contribution < 1.29 is 23.4 Å². The van der Waals surface area contributed by atoms with Gasteiger partial charge in [0.2, 0.25) is 5.88 Å². The van der Waals surface area contributed by atoms with Crippen molar-refractivity contribution in [3.05, 3.63) is 94.3 Å². The molecule has 2 heterocycles. The van der Waals surface area contributed by atoms with Gasteiger partial charge in [-0.3, -0.25) is 9.78 Å². The van der Waals surface area contributed by atoms with Crippen LogP contribution in [0.5, 0.6) is 23.1 Å². The first kappa shape index (κ1) is 22.2. The van der Waals surface area contributed by atoms with Crippen LogP contribution in [0.4, 0.5) is 4.39 Å². The summed E-state index contributed by atoms with van der Waals surface area (Å²) in [5.74, 6) is 0.767. The van der Waals surface area contributed by atoms with E-state index in [0.29, 0.717) is 22.8 Å². The van der Waals surface area contributed by atoms with Crippen LogP contribution in [0.15, 0.2) is 72.4 Å². The molecule has 0 aliphatic heterocycles. The molecule has 4 rings (SSSR count). The summed E-state index contributed by atoms with van der Waals surface area (Å²) in [5, 5.41) is 2.70. The van der Waals surface area contributed by atoms with E-state index in [9.17, 15) is 9.18 Å². The summed E-state index contributed by atoms with van der Waals surface area (Å²) in [7, 11) is 1.55. The molecule has 9 heteroatoms. The molecule has 4 aromatic rings. The van der Waals surface area contributed by atoms with Crippen LogP contribution in [-0.4, -0.2) is 23.0 Å². The van der Waals surface area contributed by atoms with E-state index in [-0.39, 0.29) is 23.9 Å². The Hall–Kier alpha value is -3.98. The number of halogens is 1. The minimum Gasteiger partial charge on any atom is -0.497 e. The number of pyridine rings is 1. The zero-order valence-corrected chi connectivity index (χ0v) is 18.5. The first-order chi connectivity index (χ1) is 16.1. The molecule has 2 aromatic heterocycles. The Kier molecular flexibility index (Phi) is 7.11. The second-order valence-electron chi connectivity index (χ2n) is 6.81. The molecule has 0 aliphatic carbocycles. The van der Waals surface area contributed by atoms with Crippen molar-refractivity contribution in [3.63, 3.8) is 0 Å². The van der Waals surface area contributed by atoms with Gasteiger partial charge in [0, 0.05) is 30.4 Å². The average Bonchev–Trinajstić information content (AvgIpc) is 3.31. The summed E-state index contributed by atoms with van der Waals surface area (Å²) in [4.78, 5) is 21.2. The van der Waals surface area contributed by atoms with E-state index in [1.807, 2.05) is 18.2 Å². The van der Waals surface area contributed by atoms with E-state index in [1.54, 1.807) is 49.7 Å². The Morgan fingerprint density at radius 3 is 2.70 bits per heavy atom. The number of methoxy groups -OCH3 is 1. The van der Waals surface area contributed by atoms with E-state index in [4.69, 9.17) is 14.2 Å². The summed E-state index contributed by atoms with van der Waals surface area (Å²) >= 11 is 1.13. The number of hydrogen-bond acceptors (Lipinski definition) is 7. The van der Waals surface area contributed by atoms with Crippen molar-refractivity contribution in [1.29, 1.82) is 0 Å². The van der Waals surface area contributed by atoms with Crippen LogP contribution >= 0.6 is 11.3 Å². The molecule has 1 N–H and O–H groups in total. The molecule has 0 unspecified atom stereocenters. The topological polar surface area (TPSA) is 82.6 Å². The minimum absolute atomic E-state index is 0.00167. The third-order valence-electron chi connectivity index (χ3n) is 4.57. The number of amides is 1. The Balaban J connectivity index is 1.35. The molecule has 33 heavy (non-hydrogen) atoms. The summed E-state index contributed by atoms with van der Waals surface area (Å²) in [6.45, 7) is 0.236. The number of nitrogens with one attached hydrogen (secondary N) is 1. The van der Waals surface area contributed by atoms with E-state index < -0.39 is 11.7 Å². The van der Waals surface area contributed by atoms with E-state index in [0.717, 1.165) is 17.0 Å². The number of ether oxygens (including phenoxy) is 3. The zero-order valence-electron chi connectivity index (χ0n) is 17.7. The van der Waals surface area contributed by atoms with Gasteiger partial charge in [-0.2, -0.15) is 0 Å². The van der Waals surface area contributed by atoms with E-state index >= 15 is 0 Å². The number of hydrogen-bond donors (Lipinski definition) is 1. The molecule has 0 bridgehead atoms. The fourth-order valence-corrected chi connectivity index (χ4v) is 3.52. The first-order valence-corrected chi connectivity index (χ1v) is 10.8. The van der Waals surface area contributed by atoms with Gasteiger partial charge in [-0.05, 0) is 30.3 Å². The maximum Gasteiger partial charge on any atom is 0.267 e. The summed E-state index contributed by atoms with van der Waals surface area (Å²) in [6.07, 6.45) is 1.67. The molecule has 1 amide bonds. The number of carbonyl (C=O) groups is 1. The Morgan fingerprint density at radius 2 is 1.91 bits per heavy atom. The lowest BCUT2D eigenvalue weighted by Crippen LogP contribution is -2.23. The minimum atomic E-state index is -0.481. The van der Waals surface area contributed by atoms with Gasteiger partial charge in [-0.1, -0.05) is 18.2 Å². The number of rotatable bonds is 9. The number of thiazole rings is 1. The molecule has 0 aliphatic rings. The standard InChI is InChI=1S/C24H20FN3O4S/c1-30-18-6-4-7-20(11-18)32-24-22(33-15-28-24)23(29)27-13-16-8-9-19(12-21(16)25)31-14-17-5-2-3-10-26-17/h2-12,15H,13-14H2,1H3,(H,27,29). The molecular weight excluding hydrogens is 445 g/mol. The molecule has 7 nitrogen and oxygen atoms in total. The molecule has 0 saturated heterocycles. The average molecular weight is 466 g/mol. The second kappa shape index (κ2) is 10.6. The van der Waals surface area contributed by atoms with Gasteiger partial charge in [-0.15, -0.1) is 11.3 Å². The lowest BCUT2D eigenvalue weighted by atomic mass is 10.2. The lowest BCUT2D eigenvalue weighted by Gasteiger charge is -2.10. The highest BCUT2D eigenvalue weighted by atomic mass is 32.1. The van der Waals surface area contributed by atoms with Crippen LogP contribution in [0.25, 0.3) is 0 Å². The van der Waals surface area contributed by atoms with Crippen molar-refractivity contribution in [2.75, 3.05) is 7.11 Å². The lowest BCUT2D eigenvalue weighted by molar-refractivity contribution is 0.0952. The molecule has 0 spiro atoms. The van der Waals surface area contributed by atoms with Crippen molar-refractivity contribution >= 4 is 17.2 Å². The molecule has 0 atom stereocenters. The zero-order chi connectivity index (χ0) is 23.0. The fraction of sp³-hybridized carbons (Fsp3) is 0.125. The van der Waals surface area contributed by atoms with Crippen LogP contribution in [0.1, 0.15) is 20.9 Å². The Labute approximate surface area is 193 Å². The highest BCUT2D eigenvalue weighted by Gasteiger charge is 2.18. The highest BCUT2D eigenvalue weighted by molar-refractivity contribution is 7.12. The summed E-state index contributed by atoms with van der Waals surface area (Å²) in [6, 6.07) is 17.0. The number of nitrogens with zero attached hydrogens (tertiary/aromatic N) is 2. The van der Waals surface area contributed by atoms with Crippen LogP contribution < -0.4 is 19.5 Å². The van der Waals surface area contributed by atoms with Crippen LogP contribution in [0.2, 0.25) is 0 Å². The third kappa shape index (κ3) is 5.83. The fourth-order valence-electron chi connectivity index (χ4n) is 2.89. The second-order valence-corrected chi connectivity index (χ2v) is 7.67.